The molecule has 0 aromatic heterocycles. The van der Waals surface area contributed by atoms with E-state index < -0.39 is 10.0 Å². The molecule has 1 aliphatic carbocycles. The van der Waals surface area contributed by atoms with Crippen molar-refractivity contribution in [2.75, 3.05) is 5.73 Å². The highest BCUT2D eigenvalue weighted by molar-refractivity contribution is 9.11. The third-order valence-corrected chi connectivity index (χ3v) is 6.93. The molecule has 0 radical (unpaired) electrons. The van der Waals surface area contributed by atoms with Crippen LogP contribution >= 0.6 is 31.9 Å². The van der Waals surface area contributed by atoms with Crippen molar-refractivity contribution >= 4 is 47.6 Å². The van der Waals surface area contributed by atoms with Gasteiger partial charge in [0.2, 0.25) is 10.0 Å². The SMILES string of the molecule is CC1CCCCCC1NS(=O)(=O)c1c(N)cc(Br)cc1Br. The van der Waals surface area contributed by atoms with Gasteiger partial charge in [0.05, 0.1) is 5.69 Å². The summed E-state index contributed by atoms with van der Waals surface area (Å²) in [5.74, 6) is 0.345. The van der Waals surface area contributed by atoms with Gasteiger partial charge in [-0.05, 0) is 46.8 Å². The molecule has 1 fully saturated rings. The van der Waals surface area contributed by atoms with E-state index in [1.807, 2.05) is 0 Å². The molecule has 0 spiro atoms. The molecular weight excluding hydrogens is 420 g/mol. The van der Waals surface area contributed by atoms with Crippen LogP contribution in [0.3, 0.4) is 0 Å². The average Bonchev–Trinajstić information content (AvgIpc) is 2.52. The van der Waals surface area contributed by atoms with E-state index in [9.17, 15) is 8.42 Å². The quantitative estimate of drug-likeness (QED) is 0.551. The molecule has 0 aliphatic heterocycles. The summed E-state index contributed by atoms with van der Waals surface area (Å²) in [7, 11) is -3.63. The highest BCUT2D eigenvalue weighted by atomic mass is 79.9. The fourth-order valence-corrected chi connectivity index (χ4v) is 6.24. The summed E-state index contributed by atoms with van der Waals surface area (Å²) in [5, 5.41) is 0. The molecule has 21 heavy (non-hydrogen) atoms. The molecule has 2 rings (SSSR count). The van der Waals surface area contributed by atoms with Crippen LogP contribution in [0.25, 0.3) is 0 Å². The van der Waals surface area contributed by atoms with Gasteiger partial charge in [-0.1, -0.05) is 42.1 Å². The maximum Gasteiger partial charge on any atom is 0.244 e. The Hall–Kier alpha value is -0.110. The number of hydrogen-bond acceptors (Lipinski definition) is 3. The number of hydrogen-bond donors (Lipinski definition) is 2. The highest BCUT2D eigenvalue weighted by Crippen LogP contribution is 2.33. The first-order valence-corrected chi connectivity index (χ1v) is 10.1. The topological polar surface area (TPSA) is 72.2 Å². The van der Waals surface area contributed by atoms with E-state index in [0.29, 0.717) is 10.4 Å². The molecule has 1 saturated carbocycles. The normalized spacial score (nSPS) is 23.8. The minimum absolute atomic E-state index is 0.0209. The Morgan fingerprint density at radius 3 is 2.52 bits per heavy atom. The number of anilines is 1. The van der Waals surface area contributed by atoms with Crippen molar-refractivity contribution in [3.63, 3.8) is 0 Å². The fourth-order valence-electron chi connectivity index (χ4n) is 2.79. The lowest BCUT2D eigenvalue weighted by Crippen LogP contribution is -2.39. The highest BCUT2D eigenvalue weighted by Gasteiger charge is 2.28. The Morgan fingerprint density at radius 2 is 1.86 bits per heavy atom. The van der Waals surface area contributed by atoms with Crippen LogP contribution in [0.4, 0.5) is 5.69 Å². The van der Waals surface area contributed by atoms with E-state index in [-0.39, 0.29) is 16.6 Å². The predicted molar refractivity (Wildman–Crippen MR) is 92.6 cm³/mol. The Kier molecular flexibility index (Phi) is 5.73. The second-order valence-corrected chi connectivity index (χ2v) is 9.07. The molecule has 1 aromatic carbocycles. The monoisotopic (exact) mass is 438 g/mol. The van der Waals surface area contributed by atoms with Crippen LogP contribution in [0.5, 0.6) is 0 Å². The van der Waals surface area contributed by atoms with E-state index in [0.717, 1.165) is 23.7 Å². The molecule has 7 heteroatoms. The zero-order valence-corrected chi connectivity index (χ0v) is 15.9. The molecule has 0 amide bonds. The van der Waals surface area contributed by atoms with Crippen molar-refractivity contribution in [2.45, 2.75) is 50.0 Å². The van der Waals surface area contributed by atoms with Gasteiger partial charge >= 0.3 is 0 Å². The van der Waals surface area contributed by atoms with Gasteiger partial charge in [0.15, 0.2) is 0 Å². The van der Waals surface area contributed by atoms with Crippen LogP contribution in [0, 0.1) is 5.92 Å². The minimum Gasteiger partial charge on any atom is -0.398 e. The molecule has 4 nitrogen and oxygen atoms in total. The van der Waals surface area contributed by atoms with Gasteiger partial charge in [-0.15, -0.1) is 0 Å². The van der Waals surface area contributed by atoms with Gasteiger partial charge in [-0.3, -0.25) is 0 Å². The van der Waals surface area contributed by atoms with Crippen LogP contribution in [0.1, 0.15) is 39.0 Å². The second-order valence-electron chi connectivity index (χ2n) is 5.65. The first kappa shape index (κ1) is 17.2. The number of nitrogens with two attached hydrogens (primary N) is 1. The lowest BCUT2D eigenvalue weighted by Gasteiger charge is -2.23. The molecule has 0 heterocycles. The zero-order chi connectivity index (χ0) is 15.6. The fraction of sp³-hybridized carbons (Fsp3) is 0.571. The van der Waals surface area contributed by atoms with E-state index >= 15 is 0 Å². The first-order valence-electron chi connectivity index (χ1n) is 7.08. The van der Waals surface area contributed by atoms with E-state index in [1.165, 1.54) is 12.8 Å². The standard InChI is InChI=1S/C14H20Br2N2O2S/c1-9-5-3-2-4-6-13(9)18-21(19,20)14-11(16)7-10(15)8-12(14)17/h7-9,13,18H,2-6,17H2,1H3. The molecule has 0 saturated heterocycles. The molecule has 1 aliphatic rings. The van der Waals surface area contributed by atoms with Gasteiger partial charge in [0.1, 0.15) is 4.90 Å². The smallest absolute Gasteiger partial charge is 0.244 e. The number of benzene rings is 1. The first-order chi connectivity index (χ1) is 9.81. The largest absolute Gasteiger partial charge is 0.398 e. The van der Waals surface area contributed by atoms with Crippen LogP contribution in [0.2, 0.25) is 0 Å². The summed E-state index contributed by atoms with van der Waals surface area (Å²) < 4.78 is 29.4. The van der Waals surface area contributed by atoms with Gasteiger partial charge < -0.3 is 5.73 Å². The van der Waals surface area contributed by atoms with Crippen molar-refractivity contribution < 1.29 is 8.42 Å². The summed E-state index contributed by atoms with van der Waals surface area (Å²) in [6.07, 6.45) is 5.35. The lowest BCUT2D eigenvalue weighted by atomic mass is 9.98. The Labute approximate surface area is 143 Å². The molecule has 118 valence electrons. The van der Waals surface area contributed by atoms with Crippen LogP contribution in [-0.2, 0) is 10.0 Å². The van der Waals surface area contributed by atoms with Gasteiger partial charge in [0, 0.05) is 15.0 Å². The Balaban J connectivity index is 2.30. The molecule has 2 atom stereocenters. The maximum absolute atomic E-state index is 12.7. The number of halogens is 2. The summed E-state index contributed by atoms with van der Waals surface area (Å²) in [6, 6.07) is 3.28. The number of nitrogen functional groups attached to an aromatic ring is 1. The van der Waals surface area contributed by atoms with Crippen LogP contribution < -0.4 is 10.5 Å². The Bertz CT molecular complexity index is 596. The summed E-state index contributed by atoms with van der Waals surface area (Å²) in [4.78, 5) is 0.127. The molecule has 1 aromatic rings. The Morgan fingerprint density at radius 1 is 1.19 bits per heavy atom. The third-order valence-electron chi connectivity index (χ3n) is 3.97. The molecule has 0 bridgehead atoms. The van der Waals surface area contributed by atoms with Gasteiger partial charge in [-0.25, -0.2) is 13.1 Å². The van der Waals surface area contributed by atoms with Crippen LogP contribution in [-0.4, -0.2) is 14.5 Å². The van der Waals surface area contributed by atoms with Gasteiger partial charge in [-0.2, -0.15) is 0 Å². The number of sulfonamides is 1. The molecule has 2 unspecified atom stereocenters. The molecular formula is C14H20Br2N2O2S. The van der Waals surface area contributed by atoms with E-state index in [1.54, 1.807) is 12.1 Å². The second kappa shape index (κ2) is 6.98. The number of rotatable bonds is 3. The summed E-state index contributed by atoms with van der Waals surface area (Å²) in [6.45, 7) is 2.11. The molecule has 3 N–H and O–H groups in total. The number of nitrogens with one attached hydrogen (secondary N) is 1. The average molecular weight is 440 g/mol. The van der Waals surface area contributed by atoms with Crippen molar-refractivity contribution in [3.8, 4) is 0 Å². The van der Waals surface area contributed by atoms with Crippen molar-refractivity contribution in [1.82, 2.24) is 4.72 Å². The van der Waals surface area contributed by atoms with Crippen molar-refractivity contribution in [1.29, 1.82) is 0 Å². The summed E-state index contributed by atoms with van der Waals surface area (Å²) in [5.41, 5.74) is 6.14. The van der Waals surface area contributed by atoms with Gasteiger partial charge in [0.25, 0.3) is 0 Å². The van der Waals surface area contributed by atoms with E-state index in [2.05, 4.69) is 43.5 Å². The third kappa shape index (κ3) is 4.21. The predicted octanol–water partition coefficient (Wildman–Crippen LogP) is 4.04. The van der Waals surface area contributed by atoms with Crippen molar-refractivity contribution in [2.24, 2.45) is 5.92 Å². The van der Waals surface area contributed by atoms with Crippen molar-refractivity contribution in [3.05, 3.63) is 21.1 Å². The maximum atomic E-state index is 12.7. The summed E-state index contributed by atoms with van der Waals surface area (Å²) >= 11 is 6.61. The van der Waals surface area contributed by atoms with Crippen LogP contribution in [0.15, 0.2) is 26.0 Å². The van der Waals surface area contributed by atoms with E-state index in [4.69, 9.17) is 5.73 Å². The lowest BCUT2D eigenvalue weighted by molar-refractivity contribution is 0.399. The minimum atomic E-state index is -3.63. The zero-order valence-electron chi connectivity index (χ0n) is 11.9.